The quantitative estimate of drug-likeness (QED) is 0.189. The zero-order valence-corrected chi connectivity index (χ0v) is 25.0. The first-order chi connectivity index (χ1) is 19.9. The molecular weight excluding hydrogens is 534 g/mol. The Morgan fingerprint density at radius 1 is 1.10 bits per heavy atom. The highest BCUT2D eigenvalue weighted by molar-refractivity contribution is 6.00. The van der Waals surface area contributed by atoms with Gasteiger partial charge in [0.25, 0.3) is 0 Å². The van der Waals surface area contributed by atoms with Crippen LogP contribution in [0, 0.1) is 0 Å². The number of ether oxygens (including phenoxy) is 3. The summed E-state index contributed by atoms with van der Waals surface area (Å²) in [5.74, 6) is 0.519. The minimum Gasteiger partial charge on any atom is -0.506 e. The molecule has 218 valence electrons. The van der Waals surface area contributed by atoms with Gasteiger partial charge in [-0.05, 0) is 70.4 Å². The number of fused-ring (bicyclic) bond motifs is 3. The molecule has 1 aliphatic rings. The topological polar surface area (TPSA) is 98.4 Å². The smallest absolute Gasteiger partial charge is 0.419 e. The molecule has 0 atom stereocenters. The van der Waals surface area contributed by atoms with Crippen LogP contribution in [0.2, 0.25) is 0 Å². The molecule has 0 fully saturated rings. The van der Waals surface area contributed by atoms with E-state index >= 15 is 0 Å². The van der Waals surface area contributed by atoms with E-state index in [1.807, 2.05) is 64.1 Å². The molecule has 2 heterocycles. The van der Waals surface area contributed by atoms with Gasteiger partial charge in [0.15, 0.2) is 11.5 Å². The molecule has 5 rings (SSSR count). The van der Waals surface area contributed by atoms with E-state index in [4.69, 9.17) is 18.6 Å². The number of carbonyl (C=O) groups is 1. The molecule has 0 saturated carbocycles. The maximum atomic E-state index is 14.1. The van der Waals surface area contributed by atoms with Crippen LogP contribution in [-0.4, -0.2) is 31.0 Å². The van der Waals surface area contributed by atoms with Gasteiger partial charge in [0.1, 0.15) is 33.7 Å². The molecule has 0 aliphatic carbocycles. The molecule has 1 aromatic heterocycles. The van der Waals surface area contributed by atoms with Gasteiger partial charge in [-0.1, -0.05) is 30.7 Å². The lowest BCUT2D eigenvalue weighted by atomic mass is 9.97. The van der Waals surface area contributed by atoms with Gasteiger partial charge in [-0.2, -0.15) is 0 Å². The lowest BCUT2D eigenvalue weighted by Crippen LogP contribution is -2.29. The molecule has 1 amide bonds. The SMILES string of the molecule is CCc1ccc(N(C)C(=O)Oc2cc3oc4cc5c(c(O)c4c(=O)c3c(CC=C(C)C)c2OC)C=CC(C)(C)O5)cc1. The number of rotatable bonds is 6. The van der Waals surface area contributed by atoms with Crippen molar-refractivity contribution in [1.29, 1.82) is 0 Å². The number of anilines is 1. The predicted octanol–water partition coefficient (Wildman–Crippen LogP) is 7.55. The summed E-state index contributed by atoms with van der Waals surface area (Å²) >= 11 is 0. The third-order valence-electron chi connectivity index (χ3n) is 7.39. The molecule has 0 bridgehead atoms. The van der Waals surface area contributed by atoms with Gasteiger partial charge in [0, 0.05) is 30.4 Å². The molecule has 8 heteroatoms. The van der Waals surface area contributed by atoms with Crippen LogP contribution < -0.4 is 24.5 Å². The van der Waals surface area contributed by atoms with E-state index in [1.165, 1.54) is 18.1 Å². The molecule has 0 unspecified atom stereocenters. The van der Waals surface area contributed by atoms with E-state index in [1.54, 1.807) is 19.2 Å². The Morgan fingerprint density at radius 2 is 1.79 bits per heavy atom. The van der Waals surface area contributed by atoms with E-state index in [0.717, 1.165) is 17.6 Å². The number of carbonyl (C=O) groups excluding carboxylic acids is 1. The minimum atomic E-state index is -0.637. The van der Waals surface area contributed by atoms with Crippen LogP contribution >= 0.6 is 0 Å². The van der Waals surface area contributed by atoms with E-state index in [0.29, 0.717) is 29.0 Å². The van der Waals surface area contributed by atoms with Crippen molar-refractivity contribution in [3.63, 3.8) is 0 Å². The zero-order valence-electron chi connectivity index (χ0n) is 25.0. The summed E-state index contributed by atoms with van der Waals surface area (Å²) in [6, 6.07) is 10.7. The highest BCUT2D eigenvalue weighted by atomic mass is 16.6. The second kappa shape index (κ2) is 10.9. The van der Waals surface area contributed by atoms with Crippen molar-refractivity contribution in [2.75, 3.05) is 19.1 Å². The number of hydrogen-bond donors (Lipinski definition) is 1. The summed E-state index contributed by atoms with van der Waals surface area (Å²) in [4.78, 5) is 28.7. The van der Waals surface area contributed by atoms with Crippen LogP contribution in [0.4, 0.5) is 10.5 Å². The third-order valence-corrected chi connectivity index (χ3v) is 7.39. The number of nitrogens with zero attached hydrogens (tertiary/aromatic N) is 1. The summed E-state index contributed by atoms with van der Waals surface area (Å²) < 4.78 is 23.9. The van der Waals surface area contributed by atoms with Crippen LogP contribution in [0.25, 0.3) is 28.0 Å². The third kappa shape index (κ3) is 5.20. The first-order valence-corrected chi connectivity index (χ1v) is 13.9. The van der Waals surface area contributed by atoms with Crippen LogP contribution in [0.15, 0.2) is 63.3 Å². The fraction of sp³-hybridized carbons (Fsp3) is 0.294. The molecule has 8 nitrogen and oxygen atoms in total. The van der Waals surface area contributed by atoms with Gasteiger partial charge in [-0.25, -0.2) is 4.79 Å². The number of hydrogen-bond acceptors (Lipinski definition) is 7. The van der Waals surface area contributed by atoms with Crippen LogP contribution in [0.1, 0.15) is 51.3 Å². The van der Waals surface area contributed by atoms with Crippen molar-refractivity contribution in [2.24, 2.45) is 0 Å². The van der Waals surface area contributed by atoms with Crippen LogP contribution in [-0.2, 0) is 12.8 Å². The number of allylic oxidation sites excluding steroid dienone is 2. The Kier molecular flexibility index (Phi) is 7.49. The van der Waals surface area contributed by atoms with Gasteiger partial charge in [0.05, 0.1) is 18.1 Å². The fourth-order valence-electron chi connectivity index (χ4n) is 5.05. The normalized spacial score (nSPS) is 13.4. The Hall–Kier alpha value is -4.72. The number of methoxy groups -OCH3 is 1. The Labute approximate surface area is 244 Å². The van der Waals surface area contributed by atoms with Crippen molar-refractivity contribution < 1.29 is 28.5 Å². The standard InChI is InChI=1S/C34H35NO7/c1-8-20-10-12-21(13-11-20)35(6)33(38)41-27-18-25-28(23(32(27)39-7)14-9-19(2)3)31(37)29-26(40-25)17-24-22(30(29)36)15-16-34(4,5)42-24/h9-13,15-18,36H,8,14H2,1-7H3. The molecule has 0 saturated heterocycles. The first-order valence-electron chi connectivity index (χ1n) is 13.9. The summed E-state index contributed by atoms with van der Waals surface area (Å²) in [5.41, 5.74) is 3.05. The highest BCUT2D eigenvalue weighted by Crippen LogP contribution is 2.44. The molecule has 0 radical (unpaired) electrons. The number of aromatic hydroxyl groups is 1. The number of benzene rings is 3. The maximum Gasteiger partial charge on any atom is 0.419 e. The van der Waals surface area contributed by atoms with Crippen molar-refractivity contribution in [2.45, 2.75) is 53.1 Å². The number of aryl methyl sites for hydroxylation is 1. The van der Waals surface area contributed by atoms with Crippen molar-refractivity contribution in [3.05, 3.63) is 81.0 Å². The molecular formula is C34H35NO7. The number of phenols is 1. The summed E-state index contributed by atoms with van der Waals surface area (Å²) in [6.45, 7) is 9.74. The van der Waals surface area contributed by atoms with Crippen molar-refractivity contribution in [1.82, 2.24) is 0 Å². The zero-order chi connectivity index (χ0) is 30.3. The molecule has 4 aromatic rings. The second-order valence-corrected chi connectivity index (χ2v) is 11.2. The van der Waals surface area contributed by atoms with Gasteiger partial charge in [-0.3, -0.25) is 9.69 Å². The van der Waals surface area contributed by atoms with Crippen molar-refractivity contribution in [3.8, 4) is 23.0 Å². The minimum absolute atomic E-state index is 0.0368. The summed E-state index contributed by atoms with van der Waals surface area (Å²) in [6.07, 6.45) is 6.07. The molecule has 1 aliphatic heterocycles. The molecule has 42 heavy (non-hydrogen) atoms. The largest absolute Gasteiger partial charge is 0.506 e. The van der Waals surface area contributed by atoms with Crippen molar-refractivity contribution >= 4 is 39.8 Å². The molecule has 0 spiro atoms. The van der Waals surface area contributed by atoms with Gasteiger partial charge >= 0.3 is 6.09 Å². The molecule has 1 N–H and O–H groups in total. The lowest BCUT2D eigenvalue weighted by Gasteiger charge is -2.28. The Bertz CT molecular complexity index is 1820. The van der Waals surface area contributed by atoms with E-state index in [9.17, 15) is 14.7 Å². The maximum absolute atomic E-state index is 14.1. The monoisotopic (exact) mass is 569 g/mol. The summed E-state index contributed by atoms with van der Waals surface area (Å²) in [5, 5.41) is 11.5. The average molecular weight is 570 g/mol. The second-order valence-electron chi connectivity index (χ2n) is 11.2. The fourth-order valence-corrected chi connectivity index (χ4v) is 5.05. The van der Waals surface area contributed by atoms with Crippen LogP contribution in [0.5, 0.6) is 23.0 Å². The number of phenolic OH excluding ortho intramolecular Hbond substituents is 1. The summed E-state index contributed by atoms with van der Waals surface area (Å²) in [7, 11) is 3.08. The molecule has 3 aromatic carbocycles. The van der Waals surface area contributed by atoms with E-state index in [2.05, 4.69) is 6.92 Å². The predicted molar refractivity (Wildman–Crippen MR) is 165 cm³/mol. The first kappa shape index (κ1) is 28.8. The van der Waals surface area contributed by atoms with Gasteiger partial charge < -0.3 is 23.7 Å². The Balaban J connectivity index is 1.70. The lowest BCUT2D eigenvalue weighted by molar-refractivity contribution is 0.158. The van der Waals surface area contributed by atoms with Crippen LogP contribution in [0.3, 0.4) is 0 Å². The van der Waals surface area contributed by atoms with Gasteiger partial charge in [-0.15, -0.1) is 0 Å². The number of amides is 1. The van der Waals surface area contributed by atoms with Gasteiger partial charge in [0.2, 0.25) is 5.43 Å². The highest BCUT2D eigenvalue weighted by Gasteiger charge is 2.29. The Morgan fingerprint density at radius 3 is 2.43 bits per heavy atom. The van der Waals surface area contributed by atoms with E-state index in [-0.39, 0.29) is 39.2 Å². The average Bonchev–Trinajstić information content (AvgIpc) is 2.94. The van der Waals surface area contributed by atoms with E-state index < -0.39 is 17.1 Å².